The standard InChI is InChI=1S/C21H16O4S/c1-25-17-10-8-14(18(13-17)20-3-2-12-26-20)9-11-19(22)15-4-6-16(7-5-15)21(23)24/h2-13H,1H3,(H,23,24). The van der Waals surface area contributed by atoms with Gasteiger partial charge in [-0.2, -0.15) is 0 Å². The molecule has 0 fully saturated rings. The number of carbonyl (C=O) groups excluding carboxylic acids is 1. The Balaban J connectivity index is 1.88. The number of hydrogen-bond donors (Lipinski definition) is 1. The lowest BCUT2D eigenvalue weighted by Gasteiger charge is -2.07. The van der Waals surface area contributed by atoms with Crippen molar-refractivity contribution < 1.29 is 19.4 Å². The smallest absolute Gasteiger partial charge is 0.335 e. The van der Waals surface area contributed by atoms with E-state index in [-0.39, 0.29) is 11.3 Å². The Hall–Kier alpha value is -3.18. The Morgan fingerprint density at radius 2 is 1.77 bits per heavy atom. The highest BCUT2D eigenvalue weighted by Crippen LogP contribution is 2.32. The fourth-order valence-corrected chi connectivity index (χ4v) is 3.26. The number of aromatic carboxylic acids is 1. The second-order valence-corrected chi connectivity index (χ2v) is 6.46. The lowest BCUT2D eigenvalue weighted by Crippen LogP contribution is -1.99. The molecule has 130 valence electrons. The summed E-state index contributed by atoms with van der Waals surface area (Å²) in [7, 11) is 1.62. The number of benzene rings is 2. The van der Waals surface area contributed by atoms with E-state index in [1.807, 2.05) is 35.7 Å². The molecule has 2 aromatic carbocycles. The van der Waals surface area contributed by atoms with Gasteiger partial charge in [0.15, 0.2) is 5.78 Å². The second-order valence-electron chi connectivity index (χ2n) is 5.51. The number of carboxylic acids is 1. The van der Waals surface area contributed by atoms with Crippen LogP contribution in [0.5, 0.6) is 5.75 Å². The lowest BCUT2D eigenvalue weighted by atomic mass is 10.0. The second kappa shape index (κ2) is 7.80. The molecule has 1 aromatic heterocycles. The summed E-state index contributed by atoms with van der Waals surface area (Å²) in [6, 6.07) is 15.6. The van der Waals surface area contributed by atoms with Gasteiger partial charge < -0.3 is 9.84 Å². The Bertz CT molecular complexity index is 954. The molecule has 0 amide bonds. The summed E-state index contributed by atoms with van der Waals surface area (Å²) in [5.74, 6) is -0.450. The molecule has 0 radical (unpaired) electrons. The van der Waals surface area contributed by atoms with Gasteiger partial charge in [0.2, 0.25) is 0 Å². The average Bonchev–Trinajstić information content (AvgIpc) is 3.20. The number of carboxylic acid groups (broad SMARTS) is 1. The highest BCUT2D eigenvalue weighted by atomic mass is 32.1. The molecule has 26 heavy (non-hydrogen) atoms. The fourth-order valence-electron chi connectivity index (χ4n) is 2.49. The van der Waals surface area contributed by atoms with E-state index in [0.717, 1.165) is 21.8 Å². The molecule has 0 aliphatic rings. The van der Waals surface area contributed by atoms with Crippen LogP contribution in [0.2, 0.25) is 0 Å². The summed E-state index contributed by atoms with van der Waals surface area (Å²) in [6.45, 7) is 0. The maximum atomic E-state index is 12.4. The van der Waals surface area contributed by atoms with Gasteiger partial charge in [0.1, 0.15) is 5.75 Å². The maximum Gasteiger partial charge on any atom is 0.335 e. The van der Waals surface area contributed by atoms with Crippen molar-refractivity contribution in [1.82, 2.24) is 0 Å². The zero-order valence-corrected chi connectivity index (χ0v) is 14.8. The molecule has 0 aliphatic heterocycles. The van der Waals surface area contributed by atoms with Crippen LogP contribution in [-0.2, 0) is 0 Å². The van der Waals surface area contributed by atoms with Crippen molar-refractivity contribution >= 4 is 29.2 Å². The van der Waals surface area contributed by atoms with Crippen LogP contribution in [-0.4, -0.2) is 24.0 Å². The molecule has 0 spiro atoms. The molecule has 0 saturated heterocycles. The van der Waals surface area contributed by atoms with E-state index in [4.69, 9.17) is 9.84 Å². The Morgan fingerprint density at radius 3 is 2.38 bits per heavy atom. The van der Waals surface area contributed by atoms with Crippen LogP contribution in [0.25, 0.3) is 16.5 Å². The van der Waals surface area contributed by atoms with Gasteiger partial charge in [-0.3, -0.25) is 4.79 Å². The van der Waals surface area contributed by atoms with Gasteiger partial charge in [-0.15, -0.1) is 11.3 Å². The van der Waals surface area contributed by atoms with Crippen molar-refractivity contribution in [3.8, 4) is 16.2 Å². The molecule has 3 rings (SSSR count). The summed E-state index contributed by atoms with van der Waals surface area (Å²) < 4.78 is 5.30. The lowest BCUT2D eigenvalue weighted by molar-refractivity contribution is 0.0696. The number of ether oxygens (including phenoxy) is 1. The minimum atomic E-state index is -1.02. The first-order valence-corrected chi connectivity index (χ1v) is 8.74. The largest absolute Gasteiger partial charge is 0.497 e. The summed E-state index contributed by atoms with van der Waals surface area (Å²) >= 11 is 1.61. The van der Waals surface area contributed by atoms with E-state index in [0.29, 0.717) is 5.56 Å². The van der Waals surface area contributed by atoms with Crippen LogP contribution in [0.1, 0.15) is 26.3 Å². The van der Waals surface area contributed by atoms with E-state index in [1.54, 1.807) is 24.5 Å². The van der Waals surface area contributed by atoms with Gasteiger partial charge in [0.05, 0.1) is 12.7 Å². The summed E-state index contributed by atoms with van der Waals surface area (Å²) in [6.07, 6.45) is 3.26. The van der Waals surface area contributed by atoms with Crippen molar-refractivity contribution in [2.75, 3.05) is 7.11 Å². The van der Waals surface area contributed by atoms with E-state index in [1.165, 1.54) is 30.3 Å². The summed E-state index contributed by atoms with van der Waals surface area (Å²) in [4.78, 5) is 24.3. The third-order valence-corrected chi connectivity index (χ3v) is 4.78. The molecular formula is C21H16O4S. The number of thiophene rings is 1. The van der Waals surface area contributed by atoms with Crippen molar-refractivity contribution in [1.29, 1.82) is 0 Å². The molecule has 1 N–H and O–H groups in total. The van der Waals surface area contributed by atoms with Gasteiger partial charge in [-0.05, 0) is 47.4 Å². The first-order chi connectivity index (χ1) is 12.6. The van der Waals surface area contributed by atoms with Crippen molar-refractivity contribution in [2.45, 2.75) is 0 Å². The fraction of sp³-hybridized carbons (Fsp3) is 0.0476. The number of ketones is 1. The van der Waals surface area contributed by atoms with Crippen LogP contribution < -0.4 is 4.74 Å². The molecule has 0 saturated carbocycles. The number of rotatable bonds is 6. The molecule has 3 aromatic rings. The normalized spacial score (nSPS) is 10.8. The van der Waals surface area contributed by atoms with E-state index >= 15 is 0 Å². The molecule has 0 unspecified atom stereocenters. The average molecular weight is 364 g/mol. The molecule has 4 nitrogen and oxygen atoms in total. The zero-order chi connectivity index (χ0) is 18.5. The van der Waals surface area contributed by atoms with Crippen LogP contribution in [0.15, 0.2) is 66.1 Å². The monoisotopic (exact) mass is 364 g/mol. The van der Waals surface area contributed by atoms with Gasteiger partial charge in [0.25, 0.3) is 0 Å². The molecular weight excluding hydrogens is 348 g/mol. The van der Waals surface area contributed by atoms with E-state index in [9.17, 15) is 9.59 Å². The van der Waals surface area contributed by atoms with Gasteiger partial charge in [-0.1, -0.05) is 30.3 Å². The number of hydrogen-bond acceptors (Lipinski definition) is 4. The quantitative estimate of drug-likeness (QED) is 0.493. The molecule has 0 atom stereocenters. The number of carbonyl (C=O) groups is 2. The first-order valence-electron chi connectivity index (χ1n) is 7.86. The minimum Gasteiger partial charge on any atom is -0.497 e. The van der Waals surface area contributed by atoms with Gasteiger partial charge in [-0.25, -0.2) is 4.79 Å². The van der Waals surface area contributed by atoms with Crippen molar-refractivity contribution in [3.63, 3.8) is 0 Å². The minimum absolute atomic E-state index is 0.153. The molecule has 0 bridgehead atoms. The summed E-state index contributed by atoms with van der Waals surface area (Å²) in [5.41, 5.74) is 2.49. The van der Waals surface area contributed by atoms with Gasteiger partial charge >= 0.3 is 5.97 Å². The van der Waals surface area contributed by atoms with Crippen LogP contribution in [0.4, 0.5) is 0 Å². The van der Waals surface area contributed by atoms with E-state index < -0.39 is 5.97 Å². The predicted octanol–water partition coefficient (Wildman–Crippen LogP) is 5.02. The third-order valence-electron chi connectivity index (χ3n) is 3.88. The van der Waals surface area contributed by atoms with Crippen molar-refractivity contribution in [2.24, 2.45) is 0 Å². The summed E-state index contributed by atoms with van der Waals surface area (Å²) in [5, 5.41) is 10.9. The Labute approximate surface area is 155 Å². The maximum absolute atomic E-state index is 12.4. The SMILES string of the molecule is COc1ccc(C=CC(=O)c2ccc(C(=O)O)cc2)c(-c2cccs2)c1. The zero-order valence-electron chi connectivity index (χ0n) is 14.0. The highest BCUT2D eigenvalue weighted by Gasteiger charge is 2.08. The van der Waals surface area contributed by atoms with Crippen molar-refractivity contribution in [3.05, 3.63) is 82.7 Å². The van der Waals surface area contributed by atoms with Gasteiger partial charge in [0, 0.05) is 16.0 Å². The Morgan fingerprint density at radius 1 is 1.04 bits per heavy atom. The highest BCUT2D eigenvalue weighted by molar-refractivity contribution is 7.13. The Kier molecular flexibility index (Phi) is 5.29. The first kappa shape index (κ1) is 17.6. The predicted molar refractivity (Wildman–Crippen MR) is 103 cm³/mol. The molecule has 0 aliphatic carbocycles. The number of methoxy groups -OCH3 is 1. The number of allylic oxidation sites excluding steroid dienone is 1. The van der Waals surface area contributed by atoms with Crippen LogP contribution in [0, 0.1) is 0 Å². The third kappa shape index (κ3) is 3.90. The molecule has 1 heterocycles. The topological polar surface area (TPSA) is 63.6 Å². The van der Waals surface area contributed by atoms with Crippen LogP contribution >= 0.6 is 11.3 Å². The van der Waals surface area contributed by atoms with Crippen LogP contribution in [0.3, 0.4) is 0 Å². The molecule has 5 heteroatoms. The van der Waals surface area contributed by atoms with E-state index in [2.05, 4.69) is 0 Å².